The highest BCUT2D eigenvalue weighted by Crippen LogP contribution is 2.30. The molecule has 3 aromatic carbocycles. The molecule has 6 heteroatoms. The third-order valence-electron chi connectivity index (χ3n) is 6.59. The summed E-state index contributed by atoms with van der Waals surface area (Å²) < 4.78 is 0. The number of hydrogen-bond donors (Lipinski definition) is 0. The molecular weight excluding hydrogens is 422 g/mol. The number of amides is 1. The molecule has 5 rings (SSSR count). The molecule has 2 aliphatic heterocycles. The van der Waals surface area contributed by atoms with E-state index in [0.29, 0.717) is 6.42 Å². The minimum atomic E-state index is 0. The van der Waals surface area contributed by atoms with Gasteiger partial charge < -0.3 is 15.3 Å². The normalized spacial score (nSPS) is 16.0. The van der Waals surface area contributed by atoms with Crippen LogP contribution in [0.5, 0.6) is 0 Å². The van der Waals surface area contributed by atoms with E-state index in [4.69, 9.17) is 0 Å². The molecular formula is C26H32ClN3O2. The summed E-state index contributed by atoms with van der Waals surface area (Å²) in [7, 11) is 0. The van der Waals surface area contributed by atoms with Crippen molar-refractivity contribution in [3.8, 4) is 0 Å². The monoisotopic (exact) mass is 453 g/mol. The van der Waals surface area contributed by atoms with Crippen LogP contribution in [0.2, 0.25) is 0 Å². The fourth-order valence-corrected chi connectivity index (χ4v) is 4.92. The Morgan fingerprint density at radius 1 is 0.875 bits per heavy atom. The Hall–Kier alpha value is -2.60. The second-order valence-electron chi connectivity index (χ2n) is 8.35. The highest BCUT2D eigenvalue weighted by Gasteiger charge is 2.26. The molecule has 2 aliphatic rings. The van der Waals surface area contributed by atoms with Gasteiger partial charge in [0.25, 0.3) is 0 Å². The first-order valence-electron chi connectivity index (χ1n) is 11.1. The maximum absolute atomic E-state index is 12.1. The standard InChI is InChI=1S/C26H29N3O.ClH.H2O/c1-2-29-24-11-10-20(18-22(24)19-26(29)30)12-13-27-14-16-28(17-15-27)25-9-5-7-21-6-3-4-8-23(21)25;;/h3-11,18H,2,12-17,19H2,1H3;1H;1H2. The zero-order chi connectivity index (χ0) is 20.5. The fraction of sp³-hybridized carbons (Fsp3) is 0.346. The summed E-state index contributed by atoms with van der Waals surface area (Å²) in [6.07, 6.45) is 1.60. The van der Waals surface area contributed by atoms with E-state index in [-0.39, 0.29) is 23.8 Å². The molecule has 0 saturated carbocycles. The summed E-state index contributed by atoms with van der Waals surface area (Å²) in [6.45, 7) is 8.20. The van der Waals surface area contributed by atoms with E-state index in [1.54, 1.807) is 0 Å². The van der Waals surface area contributed by atoms with Crippen LogP contribution in [0.15, 0.2) is 60.7 Å². The highest BCUT2D eigenvalue weighted by atomic mass is 35.5. The Labute approximate surface area is 196 Å². The van der Waals surface area contributed by atoms with Crippen molar-refractivity contribution in [3.05, 3.63) is 71.8 Å². The lowest BCUT2D eigenvalue weighted by molar-refractivity contribution is -0.117. The van der Waals surface area contributed by atoms with Crippen molar-refractivity contribution >= 4 is 40.5 Å². The molecule has 32 heavy (non-hydrogen) atoms. The van der Waals surface area contributed by atoms with Gasteiger partial charge in [0, 0.05) is 56.0 Å². The SMILES string of the molecule is CCN1C(=O)Cc2cc(CCN3CCN(c4cccc5ccccc45)CC3)ccc21.Cl.O. The number of anilines is 2. The molecule has 0 aromatic heterocycles. The van der Waals surface area contributed by atoms with Gasteiger partial charge in [0.05, 0.1) is 6.42 Å². The number of nitrogens with zero attached hydrogens (tertiary/aromatic N) is 3. The Morgan fingerprint density at radius 3 is 2.41 bits per heavy atom. The number of hydrogen-bond acceptors (Lipinski definition) is 3. The quantitative estimate of drug-likeness (QED) is 0.591. The lowest BCUT2D eigenvalue weighted by atomic mass is 10.1. The number of halogens is 1. The lowest BCUT2D eigenvalue weighted by Gasteiger charge is -2.36. The second-order valence-corrected chi connectivity index (χ2v) is 8.35. The van der Waals surface area contributed by atoms with Crippen molar-refractivity contribution in [1.82, 2.24) is 4.90 Å². The average Bonchev–Trinajstić information content (AvgIpc) is 3.11. The predicted molar refractivity (Wildman–Crippen MR) is 135 cm³/mol. The van der Waals surface area contributed by atoms with Crippen molar-refractivity contribution in [1.29, 1.82) is 0 Å². The van der Waals surface area contributed by atoms with Gasteiger partial charge in [0.15, 0.2) is 0 Å². The molecule has 1 saturated heterocycles. The van der Waals surface area contributed by atoms with Crippen molar-refractivity contribution in [2.45, 2.75) is 19.8 Å². The zero-order valence-corrected chi connectivity index (χ0v) is 19.4. The Morgan fingerprint density at radius 2 is 1.62 bits per heavy atom. The van der Waals surface area contributed by atoms with Crippen LogP contribution in [0, 0.1) is 0 Å². The van der Waals surface area contributed by atoms with Crippen LogP contribution >= 0.6 is 12.4 Å². The van der Waals surface area contributed by atoms with Gasteiger partial charge in [0.1, 0.15) is 0 Å². The van der Waals surface area contributed by atoms with Gasteiger partial charge in [-0.1, -0.05) is 48.5 Å². The van der Waals surface area contributed by atoms with Crippen molar-refractivity contribution in [2.24, 2.45) is 0 Å². The highest BCUT2D eigenvalue weighted by molar-refractivity contribution is 6.01. The lowest BCUT2D eigenvalue weighted by Crippen LogP contribution is -2.47. The van der Waals surface area contributed by atoms with E-state index >= 15 is 0 Å². The summed E-state index contributed by atoms with van der Waals surface area (Å²) in [6, 6.07) is 21.9. The molecule has 170 valence electrons. The molecule has 0 aliphatic carbocycles. The van der Waals surface area contributed by atoms with E-state index in [2.05, 4.69) is 70.5 Å². The van der Waals surface area contributed by atoms with Crippen LogP contribution < -0.4 is 9.80 Å². The first-order chi connectivity index (χ1) is 14.7. The first-order valence-corrected chi connectivity index (χ1v) is 11.1. The topological polar surface area (TPSA) is 58.3 Å². The second kappa shape index (κ2) is 10.3. The minimum absolute atomic E-state index is 0. The maximum Gasteiger partial charge on any atom is 0.231 e. The number of rotatable bonds is 5. The number of piperazine rings is 1. The number of benzene rings is 3. The Kier molecular flexibility index (Phi) is 7.77. The van der Waals surface area contributed by atoms with E-state index in [9.17, 15) is 4.79 Å². The van der Waals surface area contributed by atoms with Crippen LogP contribution in [0.1, 0.15) is 18.1 Å². The third-order valence-corrected chi connectivity index (χ3v) is 6.59. The molecule has 0 radical (unpaired) electrons. The van der Waals surface area contributed by atoms with E-state index in [1.165, 1.54) is 27.6 Å². The van der Waals surface area contributed by atoms with Gasteiger partial charge in [-0.25, -0.2) is 0 Å². The Bertz CT molecular complexity index is 1070. The van der Waals surface area contributed by atoms with Crippen LogP contribution in [0.25, 0.3) is 10.8 Å². The van der Waals surface area contributed by atoms with Gasteiger partial charge in [-0.05, 0) is 42.0 Å². The van der Waals surface area contributed by atoms with Gasteiger partial charge in [-0.15, -0.1) is 12.4 Å². The summed E-state index contributed by atoms with van der Waals surface area (Å²) in [4.78, 5) is 19.1. The van der Waals surface area contributed by atoms with Crippen molar-refractivity contribution < 1.29 is 10.3 Å². The van der Waals surface area contributed by atoms with Gasteiger partial charge in [0.2, 0.25) is 5.91 Å². The number of carbonyl (C=O) groups is 1. The average molecular weight is 454 g/mol. The van der Waals surface area contributed by atoms with Crippen LogP contribution in [0.4, 0.5) is 11.4 Å². The maximum atomic E-state index is 12.1. The molecule has 0 unspecified atom stereocenters. The van der Waals surface area contributed by atoms with Crippen molar-refractivity contribution in [3.63, 3.8) is 0 Å². The number of likely N-dealkylation sites (N-methyl/N-ethyl adjacent to an activating group) is 1. The van der Waals surface area contributed by atoms with E-state index in [1.807, 2.05) is 11.8 Å². The smallest absolute Gasteiger partial charge is 0.231 e. The third kappa shape index (κ3) is 4.60. The molecule has 3 aromatic rings. The Balaban J connectivity index is 0.00000144. The van der Waals surface area contributed by atoms with Gasteiger partial charge >= 0.3 is 0 Å². The first kappa shape index (κ1) is 24.1. The number of fused-ring (bicyclic) bond motifs is 2. The van der Waals surface area contributed by atoms with Crippen LogP contribution in [-0.2, 0) is 17.6 Å². The molecule has 1 amide bonds. The van der Waals surface area contributed by atoms with Crippen LogP contribution in [0.3, 0.4) is 0 Å². The predicted octanol–water partition coefficient (Wildman–Crippen LogP) is 3.71. The molecule has 2 N–H and O–H groups in total. The van der Waals surface area contributed by atoms with Crippen LogP contribution in [-0.4, -0.2) is 55.6 Å². The largest absolute Gasteiger partial charge is 0.412 e. The molecule has 2 heterocycles. The summed E-state index contributed by atoms with van der Waals surface area (Å²) in [5, 5.41) is 2.66. The summed E-state index contributed by atoms with van der Waals surface area (Å²) in [5.41, 5.74) is 5.00. The summed E-state index contributed by atoms with van der Waals surface area (Å²) >= 11 is 0. The number of carbonyl (C=O) groups excluding carboxylic acids is 1. The fourth-order valence-electron chi connectivity index (χ4n) is 4.92. The molecule has 5 nitrogen and oxygen atoms in total. The molecule has 0 spiro atoms. The van der Waals surface area contributed by atoms with Gasteiger partial charge in [-0.2, -0.15) is 0 Å². The molecule has 0 atom stereocenters. The minimum Gasteiger partial charge on any atom is -0.412 e. The molecule has 1 fully saturated rings. The zero-order valence-electron chi connectivity index (χ0n) is 18.6. The van der Waals surface area contributed by atoms with E-state index < -0.39 is 0 Å². The van der Waals surface area contributed by atoms with Crippen molar-refractivity contribution in [2.75, 3.05) is 49.1 Å². The summed E-state index contributed by atoms with van der Waals surface area (Å²) in [5.74, 6) is 0.231. The molecule has 0 bridgehead atoms. The van der Waals surface area contributed by atoms with Gasteiger partial charge in [-0.3, -0.25) is 9.69 Å². The van der Waals surface area contributed by atoms with E-state index in [0.717, 1.165) is 51.4 Å².